The molecule has 3 aromatic rings. The van der Waals surface area contributed by atoms with Crippen molar-refractivity contribution >= 4 is 11.7 Å². The van der Waals surface area contributed by atoms with E-state index in [4.69, 9.17) is 4.42 Å². The van der Waals surface area contributed by atoms with Gasteiger partial charge in [-0.25, -0.2) is 4.79 Å². The van der Waals surface area contributed by atoms with Crippen LogP contribution >= 0.6 is 0 Å². The second-order valence-electron chi connectivity index (χ2n) is 5.97. The Kier molecular flexibility index (Phi) is 4.85. The summed E-state index contributed by atoms with van der Waals surface area (Å²) in [6, 6.07) is 12.8. The lowest BCUT2D eigenvalue weighted by Gasteiger charge is -2.21. The van der Waals surface area contributed by atoms with Crippen molar-refractivity contribution in [3.8, 4) is 0 Å². The number of aromatic nitrogens is 2. The lowest BCUT2D eigenvalue weighted by Crippen LogP contribution is -2.40. The molecule has 0 saturated heterocycles. The lowest BCUT2D eigenvalue weighted by molar-refractivity contribution is 0.0372. The van der Waals surface area contributed by atoms with Crippen LogP contribution in [0.3, 0.4) is 0 Å². The van der Waals surface area contributed by atoms with E-state index in [1.807, 2.05) is 30.3 Å². The van der Waals surface area contributed by atoms with E-state index in [0.717, 1.165) is 5.56 Å². The molecule has 130 valence electrons. The molecular weight excluding hydrogens is 320 g/mol. The number of anilines is 1. The molecule has 7 nitrogen and oxygen atoms in total. The number of hydrogen-bond acceptors (Lipinski definition) is 4. The van der Waals surface area contributed by atoms with Crippen LogP contribution in [0.25, 0.3) is 0 Å². The zero-order valence-corrected chi connectivity index (χ0v) is 13.8. The Labute approximate surface area is 145 Å². The number of rotatable bonds is 6. The van der Waals surface area contributed by atoms with Gasteiger partial charge in [-0.15, -0.1) is 0 Å². The molecule has 0 bridgehead atoms. The zero-order valence-electron chi connectivity index (χ0n) is 13.8. The van der Waals surface area contributed by atoms with E-state index in [-0.39, 0.29) is 6.54 Å². The maximum absolute atomic E-state index is 12.0. The number of aliphatic hydroxyl groups is 1. The van der Waals surface area contributed by atoms with E-state index in [0.29, 0.717) is 18.0 Å². The van der Waals surface area contributed by atoms with E-state index >= 15 is 0 Å². The van der Waals surface area contributed by atoms with Gasteiger partial charge in [-0.1, -0.05) is 30.3 Å². The minimum absolute atomic E-state index is 0.0184. The number of nitrogens with one attached hydrogen (secondary N) is 2. The highest BCUT2D eigenvalue weighted by Crippen LogP contribution is 2.19. The van der Waals surface area contributed by atoms with E-state index in [9.17, 15) is 9.90 Å². The number of urea groups is 1. The van der Waals surface area contributed by atoms with Crippen molar-refractivity contribution in [2.24, 2.45) is 0 Å². The predicted octanol–water partition coefficient (Wildman–Crippen LogP) is 2.55. The first-order valence-electron chi connectivity index (χ1n) is 7.90. The van der Waals surface area contributed by atoms with Crippen LogP contribution in [0.2, 0.25) is 0 Å². The number of hydrogen-bond donors (Lipinski definition) is 3. The van der Waals surface area contributed by atoms with Gasteiger partial charge >= 0.3 is 6.03 Å². The van der Waals surface area contributed by atoms with E-state index in [1.54, 1.807) is 36.1 Å². The molecule has 1 atom stereocenters. The summed E-state index contributed by atoms with van der Waals surface area (Å²) in [4.78, 5) is 12.0. The van der Waals surface area contributed by atoms with Crippen molar-refractivity contribution in [3.05, 3.63) is 72.4 Å². The molecule has 3 rings (SSSR count). The molecule has 2 heterocycles. The van der Waals surface area contributed by atoms with Crippen LogP contribution < -0.4 is 10.6 Å². The van der Waals surface area contributed by atoms with Crippen LogP contribution in [-0.2, 0) is 12.1 Å². The molecule has 0 radical (unpaired) electrons. The van der Waals surface area contributed by atoms with Crippen LogP contribution in [0.5, 0.6) is 0 Å². The number of nitrogens with zero attached hydrogens (tertiary/aromatic N) is 2. The van der Waals surface area contributed by atoms with Gasteiger partial charge < -0.3 is 20.2 Å². The van der Waals surface area contributed by atoms with Crippen LogP contribution in [0, 0.1) is 0 Å². The zero-order chi connectivity index (χ0) is 17.7. The minimum atomic E-state index is -1.28. The summed E-state index contributed by atoms with van der Waals surface area (Å²) in [5, 5.41) is 19.8. The van der Waals surface area contributed by atoms with Crippen LogP contribution in [-0.4, -0.2) is 27.5 Å². The van der Waals surface area contributed by atoms with Crippen molar-refractivity contribution < 1.29 is 14.3 Å². The molecule has 1 aromatic carbocycles. The Hall–Kier alpha value is -3.06. The summed E-state index contributed by atoms with van der Waals surface area (Å²) in [5.41, 5.74) is 0.417. The van der Waals surface area contributed by atoms with Gasteiger partial charge in [0.15, 0.2) is 0 Å². The summed E-state index contributed by atoms with van der Waals surface area (Å²) < 4.78 is 6.91. The lowest BCUT2D eigenvalue weighted by atomic mass is 10.0. The monoisotopic (exact) mass is 340 g/mol. The summed E-state index contributed by atoms with van der Waals surface area (Å²) >= 11 is 0. The fourth-order valence-electron chi connectivity index (χ4n) is 2.38. The molecule has 1 unspecified atom stereocenters. The first-order chi connectivity index (χ1) is 12.0. The fourth-order valence-corrected chi connectivity index (χ4v) is 2.38. The second kappa shape index (κ2) is 7.23. The Morgan fingerprint density at radius 3 is 2.80 bits per heavy atom. The topological polar surface area (TPSA) is 92.3 Å². The van der Waals surface area contributed by atoms with Gasteiger partial charge in [0.25, 0.3) is 0 Å². The smallest absolute Gasteiger partial charge is 0.319 e. The Balaban J connectivity index is 1.52. The molecule has 7 heteroatoms. The van der Waals surface area contributed by atoms with Gasteiger partial charge in [-0.2, -0.15) is 5.10 Å². The third kappa shape index (κ3) is 4.48. The average Bonchev–Trinajstić information content (AvgIpc) is 3.27. The molecule has 0 aliphatic rings. The highest BCUT2D eigenvalue weighted by molar-refractivity contribution is 5.88. The van der Waals surface area contributed by atoms with Crippen molar-refractivity contribution in [1.29, 1.82) is 0 Å². The number of carbonyl (C=O) groups excluding carboxylic acids is 1. The van der Waals surface area contributed by atoms with Crippen molar-refractivity contribution in [3.63, 3.8) is 0 Å². The van der Waals surface area contributed by atoms with E-state index in [1.165, 1.54) is 6.26 Å². The normalized spacial score (nSPS) is 13.2. The van der Waals surface area contributed by atoms with E-state index in [2.05, 4.69) is 15.7 Å². The number of benzene rings is 1. The van der Waals surface area contributed by atoms with Crippen LogP contribution in [0.1, 0.15) is 18.2 Å². The molecule has 2 aromatic heterocycles. The fraction of sp³-hybridized carbons (Fsp3) is 0.222. The molecule has 0 fully saturated rings. The van der Waals surface area contributed by atoms with Gasteiger partial charge in [0.2, 0.25) is 0 Å². The highest BCUT2D eigenvalue weighted by atomic mass is 16.4. The standard InChI is InChI=1S/C18H20N4O3/c1-18(24,16-8-5-9-25-16)13-19-17(23)21-15-10-20-22(12-15)11-14-6-3-2-4-7-14/h2-10,12,24H,11,13H2,1H3,(H2,19,21,23). The molecule has 3 N–H and O–H groups in total. The molecule has 0 saturated carbocycles. The number of furan rings is 1. The molecule has 0 aliphatic heterocycles. The third-order valence-corrected chi connectivity index (χ3v) is 3.72. The highest BCUT2D eigenvalue weighted by Gasteiger charge is 2.26. The van der Waals surface area contributed by atoms with Crippen LogP contribution in [0.15, 0.2) is 65.5 Å². The van der Waals surface area contributed by atoms with Crippen molar-refractivity contribution in [2.75, 3.05) is 11.9 Å². The molecular formula is C18H20N4O3. The van der Waals surface area contributed by atoms with Crippen molar-refractivity contribution in [2.45, 2.75) is 19.1 Å². The second-order valence-corrected chi connectivity index (χ2v) is 5.97. The summed E-state index contributed by atoms with van der Waals surface area (Å²) in [7, 11) is 0. The Morgan fingerprint density at radius 1 is 1.28 bits per heavy atom. The van der Waals surface area contributed by atoms with E-state index < -0.39 is 11.6 Å². The maximum atomic E-state index is 12.0. The minimum Gasteiger partial charge on any atom is -0.466 e. The Bertz CT molecular complexity index is 810. The molecule has 25 heavy (non-hydrogen) atoms. The predicted molar refractivity (Wildman–Crippen MR) is 93.1 cm³/mol. The van der Waals surface area contributed by atoms with Gasteiger partial charge in [0, 0.05) is 6.20 Å². The third-order valence-electron chi connectivity index (χ3n) is 3.72. The SMILES string of the molecule is CC(O)(CNC(=O)Nc1cnn(Cc2ccccc2)c1)c1ccco1. The summed E-state index contributed by atoms with van der Waals surface area (Å²) in [6.45, 7) is 2.21. The summed E-state index contributed by atoms with van der Waals surface area (Å²) in [5.74, 6) is 0.392. The van der Waals surface area contributed by atoms with Gasteiger partial charge in [0.05, 0.1) is 31.2 Å². The number of carbonyl (C=O) groups is 1. The molecule has 2 amide bonds. The quantitative estimate of drug-likeness (QED) is 0.643. The maximum Gasteiger partial charge on any atom is 0.319 e. The molecule has 0 spiro atoms. The first-order valence-corrected chi connectivity index (χ1v) is 7.90. The van der Waals surface area contributed by atoms with Gasteiger partial charge in [-0.3, -0.25) is 4.68 Å². The van der Waals surface area contributed by atoms with Gasteiger partial charge in [0.1, 0.15) is 11.4 Å². The van der Waals surface area contributed by atoms with Crippen molar-refractivity contribution in [1.82, 2.24) is 15.1 Å². The van der Waals surface area contributed by atoms with Crippen LogP contribution in [0.4, 0.5) is 10.5 Å². The number of amides is 2. The first kappa shape index (κ1) is 16.8. The molecule has 0 aliphatic carbocycles. The average molecular weight is 340 g/mol. The summed E-state index contributed by atoms with van der Waals surface area (Å²) in [6.07, 6.45) is 4.80. The Morgan fingerprint density at radius 2 is 2.08 bits per heavy atom. The van der Waals surface area contributed by atoms with Gasteiger partial charge in [-0.05, 0) is 24.6 Å². The largest absolute Gasteiger partial charge is 0.466 e.